The van der Waals surface area contributed by atoms with Gasteiger partial charge in [-0.25, -0.2) is 0 Å². The lowest BCUT2D eigenvalue weighted by Crippen LogP contribution is -2.39. The number of fused-ring (bicyclic) bond motifs is 1. The third kappa shape index (κ3) is 1.51. The van der Waals surface area contributed by atoms with Gasteiger partial charge in [0, 0.05) is 0 Å². The maximum absolute atomic E-state index is 12.1. The van der Waals surface area contributed by atoms with Crippen molar-refractivity contribution >= 4 is 11.8 Å². The van der Waals surface area contributed by atoms with Crippen LogP contribution in [0.25, 0.3) is 0 Å². The van der Waals surface area contributed by atoms with Gasteiger partial charge in [-0.05, 0) is 19.3 Å². The lowest BCUT2D eigenvalue weighted by molar-refractivity contribution is -0.141. The summed E-state index contributed by atoms with van der Waals surface area (Å²) in [6.45, 7) is 1.83. The number of nitrogens with zero attached hydrogens (tertiary/aromatic N) is 2. The van der Waals surface area contributed by atoms with Crippen molar-refractivity contribution in [3.05, 3.63) is 0 Å². The smallest absolute Gasteiger partial charge is 0.234 e. The van der Waals surface area contributed by atoms with Crippen LogP contribution in [0.5, 0.6) is 0 Å². The van der Waals surface area contributed by atoms with Gasteiger partial charge in [0.2, 0.25) is 11.8 Å². The molecular weight excluding hydrogens is 204 g/mol. The summed E-state index contributed by atoms with van der Waals surface area (Å²) in [5.74, 6) is -0.487. The van der Waals surface area contributed by atoms with Gasteiger partial charge in [0.15, 0.2) is 0 Å². The summed E-state index contributed by atoms with van der Waals surface area (Å²) in [6, 6.07) is 1.48. The third-order valence-electron chi connectivity index (χ3n) is 3.72. The lowest BCUT2D eigenvalue weighted by atomic mass is 9.81. The van der Waals surface area contributed by atoms with Gasteiger partial charge in [0.05, 0.1) is 17.9 Å². The molecule has 0 bridgehead atoms. The Hall–Kier alpha value is -1.37. The third-order valence-corrected chi connectivity index (χ3v) is 3.72. The minimum absolute atomic E-state index is 0.108. The maximum Gasteiger partial charge on any atom is 0.234 e. The molecule has 2 rings (SSSR count). The summed E-state index contributed by atoms with van der Waals surface area (Å²) in [6.07, 6.45) is 4.20. The Labute approximate surface area is 95.2 Å². The Morgan fingerprint density at radius 3 is 2.19 bits per heavy atom. The van der Waals surface area contributed by atoms with Gasteiger partial charge in [-0.3, -0.25) is 14.5 Å². The predicted molar refractivity (Wildman–Crippen MR) is 57.0 cm³/mol. The fourth-order valence-corrected chi connectivity index (χ4v) is 2.83. The Kier molecular flexibility index (Phi) is 2.95. The highest BCUT2D eigenvalue weighted by Gasteiger charge is 2.50. The summed E-state index contributed by atoms with van der Waals surface area (Å²) in [5, 5.41) is 8.96. The molecule has 1 aliphatic heterocycles. The van der Waals surface area contributed by atoms with Crippen molar-refractivity contribution in [3.63, 3.8) is 0 Å². The summed E-state index contributed by atoms with van der Waals surface area (Å²) in [7, 11) is 0. The molecule has 4 nitrogen and oxygen atoms in total. The normalized spacial score (nSPS) is 31.1. The number of amides is 2. The van der Waals surface area contributed by atoms with E-state index >= 15 is 0 Å². The van der Waals surface area contributed by atoms with E-state index in [0.29, 0.717) is 6.42 Å². The number of likely N-dealkylation sites (tertiary alicyclic amines) is 1. The van der Waals surface area contributed by atoms with Crippen molar-refractivity contribution in [1.29, 1.82) is 5.26 Å². The number of carbonyl (C=O) groups excluding carboxylic acids is 2. The molecule has 1 saturated heterocycles. The molecule has 3 atom stereocenters. The predicted octanol–water partition coefficient (Wildman–Crippen LogP) is 1.46. The number of carbonyl (C=O) groups is 2. The van der Waals surface area contributed by atoms with Crippen molar-refractivity contribution < 1.29 is 9.59 Å². The van der Waals surface area contributed by atoms with Gasteiger partial charge in [-0.1, -0.05) is 19.8 Å². The highest BCUT2D eigenvalue weighted by molar-refractivity contribution is 6.05. The first-order valence-corrected chi connectivity index (χ1v) is 5.97. The second kappa shape index (κ2) is 4.25. The standard InChI is InChI=1S/C12H16N2O2/c1-2-8(7-13)14-11(15)9-5-3-4-6-10(9)12(14)16/h8-10H,2-6H2,1H3. The van der Waals surface area contributed by atoms with Gasteiger partial charge in [0.1, 0.15) is 6.04 Å². The largest absolute Gasteiger partial charge is 0.274 e. The van der Waals surface area contributed by atoms with E-state index in [-0.39, 0.29) is 23.7 Å². The van der Waals surface area contributed by atoms with Crippen LogP contribution in [-0.2, 0) is 9.59 Å². The first-order chi connectivity index (χ1) is 7.70. The minimum atomic E-state index is -0.564. The molecule has 1 saturated carbocycles. The van der Waals surface area contributed by atoms with E-state index in [0.717, 1.165) is 25.7 Å². The van der Waals surface area contributed by atoms with Gasteiger partial charge in [0.25, 0.3) is 0 Å². The number of rotatable bonds is 2. The van der Waals surface area contributed by atoms with Crippen LogP contribution in [0.15, 0.2) is 0 Å². The van der Waals surface area contributed by atoms with E-state index in [1.165, 1.54) is 4.90 Å². The summed E-state index contributed by atoms with van der Waals surface area (Å²) >= 11 is 0. The molecule has 0 N–H and O–H groups in total. The minimum Gasteiger partial charge on any atom is -0.274 e. The molecule has 2 aliphatic rings. The molecule has 86 valence electrons. The number of hydrogen-bond acceptors (Lipinski definition) is 3. The van der Waals surface area contributed by atoms with Gasteiger partial charge in [-0.15, -0.1) is 0 Å². The van der Waals surface area contributed by atoms with Gasteiger partial charge >= 0.3 is 0 Å². The molecular formula is C12H16N2O2. The van der Waals surface area contributed by atoms with Crippen LogP contribution in [0.2, 0.25) is 0 Å². The first kappa shape index (κ1) is 11.1. The molecule has 2 amide bonds. The molecule has 0 aromatic heterocycles. The molecule has 4 heteroatoms. The summed E-state index contributed by atoms with van der Waals surface area (Å²) in [4.78, 5) is 25.3. The lowest BCUT2D eigenvalue weighted by Gasteiger charge is -2.19. The molecule has 3 unspecified atom stereocenters. The highest BCUT2D eigenvalue weighted by Crippen LogP contribution is 2.38. The Morgan fingerprint density at radius 2 is 1.81 bits per heavy atom. The molecule has 1 aliphatic carbocycles. The number of nitriles is 1. The van der Waals surface area contributed by atoms with E-state index in [4.69, 9.17) is 5.26 Å². The van der Waals surface area contributed by atoms with E-state index < -0.39 is 6.04 Å². The van der Waals surface area contributed by atoms with E-state index in [9.17, 15) is 9.59 Å². The number of imide groups is 1. The van der Waals surface area contributed by atoms with Crippen LogP contribution < -0.4 is 0 Å². The van der Waals surface area contributed by atoms with Crippen LogP contribution in [0.1, 0.15) is 39.0 Å². The monoisotopic (exact) mass is 220 g/mol. The van der Waals surface area contributed by atoms with Gasteiger partial charge < -0.3 is 0 Å². The van der Waals surface area contributed by atoms with Crippen molar-refractivity contribution in [3.8, 4) is 6.07 Å². The molecule has 0 radical (unpaired) electrons. The number of hydrogen-bond donors (Lipinski definition) is 0. The van der Waals surface area contributed by atoms with Crippen LogP contribution in [0, 0.1) is 23.2 Å². The quantitative estimate of drug-likeness (QED) is 0.662. The highest BCUT2D eigenvalue weighted by atomic mass is 16.2. The topological polar surface area (TPSA) is 61.2 Å². The summed E-state index contributed by atoms with van der Waals surface area (Å²) < 4.78 is 0. The van der Waals surface area contributed by atoms with Gasteiger partial charge in [-0.2, -0.15) is 5.26 Å². The molecule has 0 aromatic rings. The summed E-state index contributed by atoms with van der Waals surface area (Å²) in [5.41, 5.74) is 0. The molecule has 2 fully saturated rings. The Morgan fingerprint density at radius 1 is 1.31 bits per heavy atom. The zero-order valence-corrected chi connectivity index (χ0v) is 9.48. The van der Waals surface area contributed by atoms with Crippen molar-refractivity contribution in [1.82, 2.24) is 4.90 Å². The van der Waals surface area contributed by atoms with Crippen molar-refractivity contribution in [2.75, 3.05) is 0 Å². The zero-order valence-electron chi connectivity index (χ0n) is 9.48. The molecule has 0 spiro atoms. The average Bonchev–Trinajstić information content (AvgIpc) is 2.57. The van der Waals surface area contributed by atoms with E-state index in [2.05, 4.69) is 0 Å². The maximum atomic E-state index is 12.1. The Bertz CT molecular complexity index is 335. The van der Waals surface area contributed by atoms with Crippen LogP contribution in [0.3, 0.4) is 0 Å². The van der Waals surface area contributed by atoms with Crippen LogP contribution in [-0.4, -0.2) is 22.8 Å². The molecule has 16 heavy (non-hydrogen) atoms. The first-order valence-electron chi connectivity index (χ1n) is 5.97. The Balaban J connectivity index is 2.25. The molecule has 0 aromatic carbocycles. The van der Waals surface area contributed by atoms with Crippen molar-refractivity contribution in [2.45, 2.75) is 45.1 Å². The molecule has 1 heterocycles. The average molecular weight is 220 g/mol. The fraction of sp³-hybridized carbons (Fsp3) is 0.750. The van der Waals surface area contributed by atoms with E-state index in [1.54, 1.807) is 0 Å². The zero-order chi connectivity index (χ0) is 11.7. The SMILES string of the molecule is CCC(C#N)N1C(=O)C2CCCCC2C1=O. The fourth-order valence-electron chi connectivity index (χ4n) is 2.83. The second-order valence-electron chi connectivity index (χ2n) is 4.60. The van der Waals surface area contributed by atoms with Crippen molar-refractivity contribution in [2.24, 2.45) is 11.8 Å². The van der Waals surface area contributed by atoms with Crippen LogP contribution in [0.4, 0.5) is 0 Å². The second-order valence-corrected chi connectivity index (χ2v) is 4.60. The van der Waals surface area contributed by atoms with Crippen LogP contribution >= 0.6 is 0 Å². The van der Waals surface area contributed by atoms with E-state index in [1.807, 2.05) is 13.0 Å².